The number of H-pyrrole nitrogens is 2. The van der Waals surface area contributed by atoms with Crippen LogP contribution in [0.3, 0.4) is 0 Å². The van der Waals surface area contributed by atoms with E-state index in [9.17, 15) is 14.4 Å². The van der Waals surface area contributed by atoms with Crippen molar-refractivity contribution in [2.24, 2.45) is 0 Å². The topological polar surface area (TPSA) is 96.9 Å². The van der Waals surface area contributed by atoms with Crippen LogP contribution >= 0.6 is 0 Å². The van der Waals surface area contributed by atoms with E-state index in [0.717, 1.165) is 17.4 Å². The zero-order valence-electron chi connectivity index (χ0n) is 8.41. The molecule has 15 heavy (non-hydrogen) atoms. The van der Waals surface area contributed by atoms with Crippen LogP contribution in [0, 0.1) is 0 Å². The summed E-state index contributed by atoms with van der Waals surface area (Å²) < 4.78 is 5.87. The normalized spacial score (nSPS) is 10.5. The second-order valence-electron chi connectivity index (χ2n) is 3.01. The highest BCUT2D eigenvalue weighted by Gasteiger charge is 2.01. The lowest BCUT2D eigenvalue weighted by molar-refractivity contribution is 0.0683. The maximum absolute atomic E-state index is 11.1. The molecule has 0 aliphatic rings. The first-order valence-corrected chi connectivity index (χ1v) is 4.66. The first-order valence-electron chi connectivity index (χ1n) is 4.66. The Morgan fingerprint density at radius 2 is 1.80 bits per heavy atom. The molecule has 1 aromatic heterocycles. The summed E-state index contributed by atoms with van der Waals surface area (Å²) in [5.41, 5.74) is -2.34. The summed E-state index contributed by atoms with van der Waals surface area (Å²) in [5.74, 6) is 0. The fourth-order valence-corrected chi connectivity index (χ4v) is 0.972. The highest BCUT2D eigenvalue weighted by atomic mass is 16.5. The minimum atomic E-state index is -0.810. The Kier molecular flexibility index (Phi) is 4.04. The predicted molar refractivity (Wildman–Crippen MR) is 52.8 cm³/mol. The summed E-state index contributed by atoms with van der Waals surface area (Å²) in [4.78, 5) is 36.8. The number of rotatable bonds is 5. The maximum atomic E-state index is 11.1. The van der Waals surface area contributed by atoms with Crippen LogP contribution in [0.4, 0.5) is 0 Å². The van der Waals surface area contributed by atoms with Crippen molar-refractivity contribution in [1.82, 2.24) is 14.5 Å². The van der Waals surface area contributed by atoms with Crippen molar-refractivity contribution in [1.29, 1.82) is 0 Å². The Labute approximate surface area is 84.7 Å². The Hall–Kier alpha value is -1.63. The van der Waals surface area contributed by atoms with Gasteiger partial charge in [-0.2, -0.15) is 0 Å². The molecule has 0 aliphatic carbocycles. The molecule has 7 nitrogen and oxygen atoms in total. The number of hydrogen-bond donors (Lipinski definition) is 2. The van der Waals surface area contributed by atoms with Gasteiger partial charge in [0.1, 0.15) is 6.73 Å². The lowest BCUT2D eigenvalue weighted by Crippen LogP contribution is -2.43. The minimum absolute atomic E-state index is 0.148. The first kappa shape index (κ1) is 11.4. The summed E-state index contributed by atoms with van der Waals surface area (Å²) in [6.45, 7) is 2.33. The van der Waals surface area contributed by atoms with Crippen molar-refractivity contribution in [3.63, 3.8) is 0 Å². The van der Waals surface area contributed by atoms with Crippen LogP contribution in [0.2, 0.25) is 0 Å². The highest BCUT2D eigenvalue weighted by molar-refractivity contribution is 4.67. The summed E-state index contributed by atoms with van der Waals surface area (Å²) >= 11 is 0. The number of nitrogens with zero attached hydrogens (tertiary/aromatic N) is 1. The molecule has 0 unspecified atom stereocenters. The van der Waals surface area contributed by atoms with Gasteiger partial charge < -0.3 is 4.74 Å². The molecule has 0 amide bonds. The van der Waals surface area contributed by atoms with Gasteiger partial charge in [-0.3, -0.25) is 9.97 Å². The fraction of sp³-hybridized carbons (Fsp3) is 0.625. The number of hydrogen-bond acceptors (Lipinski definition) is 4. The van der Waals surface area contributed by atoms with Crippen LogP contribution in [0.1, 0.15) is 19.8 Å². The zero-order chi connectivity index (χ0) is 11.3. The molecule has 0 saturated carbocycles. The average molecular weight is 215 g/mol. The van der Waals surface area contributed by atoms with Crippen molar-refractivity contribution in [2.45, 2.75) is 26.5 Å². The quantitative estimate of drug-likeness (QED) is 0.615. The molecule has 0 fully saturated rings. The number of aromatic nitrogens is 3. The molecule has 0 spiro atoms. The molecular formula is C8H13N3O4. The number of nitrogens with one attached hydrogen (secondary N) is 2. The first-order chi connectivity index (χ1) is 7.15. The lowest BCUT2D eigenvalue weighted by atomic mass is 10.4. The third-order valence-corrected chi connectivity index (χ3v) is 1.79. The van der Waals surface area contributed by atoms with Gasteiger partial charge in [0, 0.05) is 6.61 Å². The highest BCUT2D eigenvalue weighted by Crippen LogP contribution is 1.87. The van der Waals surface area contributed by atoms with Gasteiger partial charge in [-0.25, -0.2) is 19.0 Å². The van der Waals surface area contributed by atoms with Gasteiger partial charge in [0.15, 0.2) is 0 Å². The van der Waals surface area contributed by atoms with Crippen LogP contribution in [0.5, 0.6) is 0 Å². The number of ether oxygens (including phenoxy) is 1. The van der Waals surface area contributed by atoms with Crippen molar-refractivity contribution in [3.05, 3.63) is 31.5 Å². The van der Waals surface area contributed by atoms with Crippen LogP contribution in [0.15, 0.2) is 14.4 Å². The van der Waals surface area contributed by atoms with Crippen LogP contribution in [-0.4, -0.2) is 21.1 Å². The van der Waals surface area contributed by atoms with Crippen molar-refractivity contribution in [2.75, 3.05) is 6.61 Å². The Morgan fingerprint density at radius 1 is 1.20 bits per heavy atom. The van der Waals surface area contributed by atoms with E-state index >= 15 is 0 Å². The van der Waals surface area contributed by atoms with E-state index in [2.05, 4.69) is 0 Å². The molecule has 2 N–H and O–H groups in total. The Balaban J connectivity index is 2.74. The van der Waals surface area contributed by atoms with Crippen molar-refractivity contribution < 1.29 is 4.74 Å². The molecular weight excluding hydrogens is 202 g/mol. The molecule has 0 radical (unpaired) electrons. The predicted octanol–water partition coefficient (Wildman–Crippen LogP) is -1.00. The molecule has 1 heterocycles. The molecule has 0 aromatic carbocycles. The molecule has 0 bridgehead atoms. The molecule has 0 atom stereocenters. The molecule has 84 valence electrons. The van der Waals surface area contributed by atoms with Crippen molar-refractivity contribution >= 4 is 0 Å². The van der Waals surface area contributed by atoms with E-state index in [-0.39, 0.29) is 6.73 Å². The minimum Gasteiger partial charge on any atom is -0.360 e. The van der Waals surface area contributed by atoms with E-state index in [1.165, 1.54) is 0 Å². The smallest absolute Gasteiger partial charge is 0.335 e. The second kappa shape index (κ2) is 5.30. The van der Waals surface area contributed by atoms with Gasteiger partial charge in [-0.1, -0.05) is 13.3 Å². The summed E-state index contributed by atoms with van der Waals surface area (Å²) in [5, 5.41) is 0. The largest absolute Gasteiger partial charge is 0.360 e. The maximum Gasteiger partial charge on any atom is 0.335 e. The summed E-state index contributed by atoms with van der Waals surface area (Å²) in [6, 6.07) is 0. The zero-order valence-corrected chi connectivity index (χ0v) is 8.41. The van der Waals surface area contributed by atoms with Crippen molar-refractivity contribution in [3.8, 4) is 0 Å². The third kappa shape index (κ3) is 3.21. The SMILES string of the molecule is CCCCOCn1c(=O)[nH]c(=O)[nH]c1=O. The van der Waals surface area contributed by atoms with Gasteiger partial charge in [-0.05, 0) is 6.42 Å². The van der Waals surface area contributed by atoms with E-state index < -0.39 is 17.1 Å². The van der Waals surface area contributed by atoms with Crippen LogP contribution in [-0.2, 0) is 11.5 Å². The van der Waals surface area contributed by atoms with Crippen LogP contribution < -0.4 is 17.1 Å². The Bertz CT molecular complexity index is 436. The lowest BCUT2D eigenvalue weighted by Gasteiger charge is -2.03. The van der Waals surface area contributed by atoms with E-state index in [1.807, 2.05) is 16.9 Å². The van der Waals surface area contributed by atoms with E-state index in [4.69, 9.17) is 4.74 Å². The molecule has 0 aliphatic heterocycles. The van der Waals surface area contributed by atoms with Crippen LogP contribution in [0.25, 0.3) is 0 Å². The van der Waals surface area contributed by atoms with Gasteiger partial charge in [0.2, 0.25) is 0 Å². The standard InChI is InChI=1S/C8H13N3O4/c1-2-3-4-15-5-11-7(13)9-6(12)10-8(11)14/h2-5H2,1H3,(H2,9,10,12,13,14). The van der Waals surface area contributed by atoms with Gasteiger partial charge in [-0.15, -0.1) is 0 Å². The molecule has 1 aromatic rings. The second-order valence-corrected chi connectivity index (χ2v) is 3.01. The monoisotopic (exact) mass is 215 g/mol. The van der Waals surface area contributed by atoms with E-state index in [1.54, 1.807) is 0 Å². The Morgan fingerprint density at radius 3 is 2.33 bits per heavy atom. The summed E-state index contributed by atoms with van der Waals surface area (Å²) in [6.07, 6.45) is 1.83. The summed E-state index contributed by atoms with van der Waals surface area (Å²) in [7, 11) is 0. The number of aromatic amines is 2. The van der Waals surface area contributed by atoms with Gasteiger partial charge >= 0.3 is 17.1 Å². The molecule has 7 heteroatoms. The van der Waals surface area contributed by atoms with E-state index in [0.29, 0.717) is 6.61 Å². The number of unbranched alkanes of at least 4 members (excludes halogenated alkanes) is 1. The molecule has 0 saturated heterocycles. The third-order valence-electron chi connectivity index (χ3n) is 1.79. The average Bonchev–Trinajstić information content (AvgIpc) is 2.15. The van der Waals surface area contributed by atoms with Gasteiger partial charge in [0.05, 0.1) is 0 Å². The molecule has 1 rings (SSSR count). The van der Waals surface area contributed by atoms with Gasteiger partial charge in [0.25, 0.3) is 0 Å². The fourth-order valence-electron chi connectivity index (χ4n) is 0.972.